The van der Waals surface area contributed by atoms with Crippen LogP contribution in [-0.4, -0.2) is 42.4 Å². The van der Waals surface area contributed by atoms with E-state index in [4.69, 9.17) is 5.73 Å². The number of hydrogen-bond donors (Lipinski definition) is 2. The molecule has 0 bridgehead atoms. The SMILES string of the molecule is CC(C(=O)N1CCNCC1C(N)=O)c1ccccc1. The van der Waals surface area contributed by atoms with Crippen LogP contribution in [-0.2, 0) is 9.59 Å². The molecule has 3 N–H and O–H groups in total. The molecule has 1 aromatic carbocycles. The fourth-order valence-electron chi connectivity index (χ4n) is 2.36. The monoisotopic (exact) mass is 261 g/mol. The van der Waals surface area contributed by atoms with Crippen molar-refractivity contribution in [3.05, 3.63) is 35.9 Å². The van der Waals surface area contributed by atoms with Gasteiger partial charge in [-0.1, -0.05) is 30.3 Å². The molecule has 19 heavy (non-hydrogen) atoms. The Labute approximate surface area is 112 Å². The summed E-state index contributed by atoms with van der Waals surface area (Å²) in [6.45, 7) is 3.50. The molecule has 1 aromatic rings. The highest BCUT2D eigenvalue weighted by molar-refractivity contribution is 5.90. The molecular weight excluding hydrogens is 242 g/mol. The summed E-state index contributed by atoms with van der Waals surface area (Å²) in [4.78, 5) is 25.5. The van der Waals surface area contributed by atoms with Crippen molar-refractivity contribution in [3.8, 4) is 0 Å². The molecule has 0 spiro atoms. The predicted molar refractivity (Wildman–Crippen MR) is 72.4 cm³/mol. The van der Waals surface area contributed by atoms with Crippen LogP contribution in [0, 0.1) is 0 Å². The van der Waals surface area contributed by atoms with E-state index in [1.54, 1.807) is 4.90 Å². The van der Waals surface area contributed by atoms with Crippen molar-refractivity contribution in [2.45, 2.75) is 18.9 Å². The topological polar surface area (TPSA) is 75.4 Å². The van der Waals surface area contributed by atoms with Crippen LogP contribution in [0.15, 0.2) is 30.3 Å². The van der Waals surface area contributed by atoms with Gasteiger partial charge in [0.15, 0.2) is 0 Å². The number of rotatable bonds is 3. The van der Waals surface area contributed by atoms with E-state index in [0.717, 1.165) is 5.56 Å². The van der Waals surface area contributed by atoms with Gasteiger partial charge in [0.05, 0.1) is 5.92 Å². The van der Waals surface area contributed by atoms with E-state index in [1.165, 1.54) is 0 Å². The standard InChI is InChI=1S/C14H19N3O2/c1-10(11-5-3-2-4-6-11)14(19)17-8-7-16-9-12(17)13(15)18/h2-6,10,12,16H,7-9H2,1H3,(H2,15,18). The molecular formula is C14H19N3O2. The van der Waals surface area contributed by atoms with Gasteiger partial charge in [-0.25, -0.2) is 0 Å². The Morgan fingerprint density at radius 1 is 1.37 bits per heavy atom. The lowest BCUT2D eigenvalue weighted by atomic mass is 9.98. The highest BCUT2D eigenvalue weighted by atomic mass is 16.2. The minimum atomic E-state index is -0.549. The highest BCUT2D eigenvalue weighted by Crippen LogP contribution is 2.19. The van der Waals surface area contributed by atoms with E-state index in [1.807, 2.05) is 37.3 Å². The molecule has 2 amide bonds. The van der Waals surface area contributed by atoms with Crippen molar-refractivity contribution < 1.29 is 9.59 Å². The van der Waals surface area contributed by atoms with Crippen molar-refractivity contribution >= 4 is 11.8 Å². The minimum Gasteiger partial charge on any atom is -0.368 e. The Kier molecular flexibility index (Phi) is 4.16. The van der Waals surface area contributed by atoms with E-state index in [9.17, 15) is 9.59 Å². The van der Waals surface area contributed by atoms with E-state index >= 15 is 0 Å². The molecule has 102 valence electrons. The van der Waals surface area contributed by atoms with Crippen molar-refractivity contribution in [2.75, 3.05) is 19.6 Å². The molecule has 1 aliphatic rings. The summed E-state index contributed by atoms with van der Waals surface area (Å²) in [5, 5.41) is 3.08. The van der Waals surface area contributed by atoms with Gasteiger partial charge in [0.2, 0.25) is 11.8 Å². The molecule has 1 saturated heterocycles. The number of carbonyl (C=O) groups is 2. The van der Waals surface area contributed by atoms with Crippen molar-refractivity contribution in [2.24, 2.45) is 5.73 Å². The first-order chi connectivity index (χ1) is 9.11. The summed E-state index contributed by atoms with van der Waals surface area (Å²) < 4.78 is 0. The molecule has 0 radical (unpaired) electrons. The van der Waals surface area contributed by atoms with Crippen molar-refractivity contribution in [3.63, 3.8) is 0 Å². The van der Waals surface area contributed by atoms with Crippen LogP contribution in [0.1, 0.15) is 18.4 Å². The van der Waals surface area contributed by atoms with Gasteiger partial charge in [0.25, 0.3) is 0 Å². The second kappa shape index (κ2) is 5.84. The maximum Gasteiger partial charge on any atom is 0.241 e. The van der Waals surface area contributed by atoms with Crippen molar-refractivity contribution in [1.82, 2.24) is 10.2 Å². The summed E-state index contributed by atoms with van der Waals surface area (Å²) in [6.07, 6.45) is 0. The molecule has 2 rings (SSSR count). The van der Waals surface area contributed by atoms with Crippen LogP contribution in [0.2, 0.25) is 0 Å². The number of hydrogen-bond acceptors (Lipinski definition) is 3. The minimum absolute atomic E-state index is 0.0449. The van der Waals surface area contributed by atoms with Gasteiger partial charge in [0, 0.05) is 19.6 Å². The molecule has 0 aliphatic carbocycles. The summed E-state index contributed by atoms with van der Waals surface area (Å²) in [5.41, 5.74) is 6.31. The Morgan fingerprint density at radius 2 is 2.05 bits per heavy atom. The predicted octanol–water partition coefficient (Wildman–Crippen LogP) is 0.0758. The third-order valence-corrected chi connectivity index (χ3v) is 3.52. The molecule has 1 heterocycles. The third-order valence-electron chi connectivity index (χ3n) is 3.52. The number of carbonyl (C=O) groups excluding carboxylic acids is 2. The molecule has 2 atom stereocenters. The second-order valence-electron chi connectivity index (χ2n) is 4.79. The number of nitrogens with one attached hydrogen (secondary N) is 1. The lowest BCUT2D eigenvalue weighted by Crippen LogP contribution is -2.59. The first-order valence-electron chi connectivity index (χ1n) is 6.46. The summed E-state index contributed by atoms with van der Waals surface area (Å²) in [7, 11) is 0. The zero-order valence-corrected chi connectivity index (χ0v) is 11.0. The van der Waals surface area contributed by atoms with Crippen LogP contribution >= 0.6 is 0 Å². The van der Waals surface area contributed by atoms with E-state index in [0.29, 0.717) is 19.6 Å². The summed E-state index contributed by atoms with van der Waals surface area (Å²) in [6, 6.07) is 9.02. The molecule has 5 nitrogen and oxygen atoms in total. The van der Waals surface area contributed by atoms with Gasteiger partial charge in [-0.15, -0.1) is 0 Å². The van der Waals surface area contributed by atoms with Gasteiger partial charge in [-0.3, -0.25) is 9.59 Å². The Bertz CT molecular complexity index is 461. The molecule has 1 aliphatic heterocycles. The number of benzene rings is 1. The maximum atomic E-state index is 12.5. The molecule has 5 heteroatoms. The zero-order valence-electron chi connectivity index (χ0n) is 11.0. The average molecular weight is 261 g/mol. The first-order valence-corrected chi connectivity index (χ1v) is 6.46. The number of nitrogens with two attached hydrogens (primary N) is 1. The Morgan fingerprint density at radius 3 is 2.68 bits per heavy atom. The normalized spacial score (nSPS) is 20.9. The second-order valence-corrected chi connectivity index (χ2v) is 4.79. The van der Waals surface area contributed by atoms with Crippen LogP contribution in [0.5, 0.6) is 0 Å². The van der Waals surface area contributed by atoms with Crippen LogP contribution in [0.25, 0.3) is 0 Å². The van der Waals surface area contributed by atoms with Crippen LogP contribution in [0.4, 0.5) is 0 Å². The molecule has 1 fully saturated rings. The lowest BCUT2D eigenvalue weighted by Gasteiger charge is -2.35. The van der Waals surface area contributed by atoms with Gasteiger partial charge >= 0.3 is 0 Å². The summed E-state index contributed by atoms with van der Waals surface area (Å²) in [5.74, 6) is -0.765. The van der Waals surface area contributed by atoms with Gasteiger partial charge < -0.3 is 16.0 Å². The number of primary amides is 1. The van der Waals surface area contributed by atoms with E-state index in [-0.39, 0.29) is 11.8 Å². The maximum absolute atomic E-state index is 12.5. The van der Waals surface area contributed by atoms with Gasteiger partial charge in [-0.2, -0.15) is 0 Å². The zero-order chi connectivity index (χ0) is 13.8. The van der Waals surface area contributed by atoms with Crippen LogP contribution in [0.3, 0.4) is 0 Å². The largest absolute Gasteiger partial charge is 0.368 e. The molecule has 2 unspecified atom stereocenters. The van der Waals surface area contributed by atoms with E-state index < -0.39 is 11.9 Å². The van der Waals surface area contributed by atoms with Crippen molar-refractivity contribution in [1.29, 1.82) is 0 Å². The lowest BCUT2D eigenvalue weighted by molar-refractivity contribution is -0.141. The van der Waals surface area contributed by atoms with Crippen LogP contribution < -0.4 is 11.1 Å². The summed E-state index contributed by atoms with van der Waals surface area (Å²) >= 11 is 0. The smallest absolute Gasteiger partial charge is 0.241 e. The number of nitrogens with zero attached hydrogens (tertiary/aromatic N) is 1. The third kappa shape index (κ3) is 2.93. The fourth-order valence-corrected chi connectivity index (χ4v) is 2.36. The Hall–Kier alpha value is -1.88. The average Bonchev–Trinajstić information content (AvgIpc) is 2.46. The fraction of sp³-hybridized carbons (Fsp3) is 0.429. The van der Waals surface area contributed by atoms with Gasteiger partial charge in [0.1, 0.15) is 6.04 Å². The highest BCUT2D eigenvalue weighted by Gasteiger charge is 2.33. The Balaban J connectivity index is 2.15. The number of amides is 2. The van der Waals surface area contributed by atoms with E-state index in [2.05, 4.69) is 5.32 Å². The molecule has 0 saturated carbocycles. The quantitative estimate of drug-likeness (QED) is 0.809. The first kappa shape index (κ1) is 13.5. The molecule has 0 aromatic heterocycles. The van der Waals surface area contributed by atoms with Gasteiger partial charge in [-0.05, 0) is 12.5 Å². The number of piperazine rings is 1.